The number of nitrogens with zero attached hydrogens (tertiary/aromatic N) is 1. The second-order valence-electron chi connectivity index (χ2n) is 3.55. The third-order valence-electron chi connectivity index (χ3n) is 2.18. The maximum atomic E-state index is 10.7. The molecular formula is C12H14BrN3O. The van der Waals surface area contributed by atoms with Gasteiger partial charge in [-0.1, -0.05) is 28.1 Å². The van der Waals surface area contributed by atoms with Crippen molar-refractivity contribution >= 4 is 21.8 Å². The number of halogens is 1. The zero-order valence-corrected chi connectivity index (χ0v) is 11.1. The highest BCUT2D eigenvalue weighted by atomic mass is 79.9. The average molecular weight is 296 g/mol. The zero-order valence-electron chi connectivity index (χ0n) is 9.53. The zero-order chi connectivity index (χ0) is 12.7. The molecule has 4 nitrogen and oxygen atoms in total. The third-order valence-corrected chi connectivity index (χ3v) is 2.71. The third kappa shape index (κ3) is 4.98. The minimum absolute atomic E-state index is 0.0658. The van der Waals surface area contributed by atoms with Crippen LogP contribution in [0.5, 0.6) is 0 Å². The quantitative estimate of drug-likeness (QED) is 0.813. The monoisotopic (exact) mass is 295 g/mol. The Bertz CT molecular complexity index is 411. The number of hydrogen-bond donors (Lipinski definition) is 2. The maximum Gasteiger partial charge on any atom is 0.216 e. The summed E-state index contributed by atoms with van der Waals surface area (Å²) in [5.74, 6) is -0.0658. The molecule has 1 atom stereocenters. The number of hydrogen-bond acceptors (Lipinski definition) is 3. The Balaban J connectivity index is 2.46. The second kappa shape index (κ2) is 7.05. The Morgan fingerprint density at radius 1 is 1.41 bits per heavy atom. The van der Waals surface area contributed by atoms with Gasteiger partial charge in [0.25, 0.3) is 0 Å². The average Bonchev–Trinajstić information content (AvgIpc) is 2.30. The minimum Gasteiger partial charge on any atom is -0.355 e. The lowest BCUT2D eigenvalue weighted by Crippen LogP contribution is -2.32. The van der Waals surface area contributed by atoms with Crippen molar-refractivity contribution in [3.8, 4) is 6.07 Å². The van der Waals surface area contributed by atoms with Gasteiger partial charge in [0.15, 0.2) is 0 Å². The van der Waals surface area contributed by atoms with E-state index in [1.165, 1.54) is 6.92 Å². The lowest BCUT2D eigenvalue weighted by Gasteiger charge is -2.12. The summed E-state index contributed by atoms with van der Waals surface area (Å²) in [6.45, 7) is 2.55. The van der Waals surface area contributed by atoms with Crippen LogP contribution in [0.2, 0.25) is 0 Å². The lowest BCUT2D eigenvalue weighted by molar-refractivity contribution is -0.118. The first-order valence-electron chi connectivity index (χ1n) is 5.26. The van der Waals surface area contributed by atoms with Gasteiger partial charge in [-0.05, 0) is 17.7 Å². The standard InChI is InChI=1S/C12H14BrN3O/c1-9(17)15-6-7-16-12(8-14)10-2-4-11(13)5-3-10/h2-5,12,16H,6-7H2,1H3,(H,15,17). The molecule has 17 heavy (non-hydrogen) atoms. The van der Waals surface area contributed by atoms with Gasteiger partial charge in [-0.3, -0.25) is 10.1 Å². The summed E-state index contributed by atoms with van der Waals surface area (Å²) in [6, 6.07) is 9.42. The van der Waals surface area contributed by atoms with E-state index in [-0.39, 0.29) is 11.9 Å². The molecule has 0 saturated carbocycles. The van der Waals surface area contributed by atoms with Crippen LogP contribution in [0, 0.1) is 11.3 Å². The fourth-order valence-corrected chi connectivity index (χ4v) is 1.61. The molecule has 0 spiro atoms. The number of rotatable bonds is 5. The van der Waals surface area contributed by atoms with E-state index in [0.29, 0.717) is 13.1 Å². The van der Waals surface area contributed by atoms with Crippen molar-refractivity contribution in [2.45, 2.75) is 13.0 Å². The first-order chi connectivity index (χ1) is 8.13. The number of benzene rings is 1. The van der Waals surface area contributed by atoms with Crippen molar-refractivity contribution < 1.29 is 4.79 Å². The van der Waals surface area contributed by atoms with Crippen molar-refractivity contribution in [2.24, 2.45) is 0 Å². The summed E-state index contributed by atoms with van der Waals surface area (Å²) in [4.78, 5) is 10.7. The van der Waals surface area contributed by atoms with Crippen molar-refractivity contribution in [3.05, 3.63) is 34.3 Å². The van der Waals surface area contributed by atoms with Gasteiger partial charge in [0.1, 0.15) is 6.04 Å². The van der Waals surface area contributed by atoms with Crippen LogP contribution in [-0.4, -0.2) is 19.0 Å². The predicted molar refractivity (Wildman–Crippen MR) is 69.2 cm³/mol. The van der Waals surface area contributed by atoms with E-state index in [9.17, 15) is 4.79 Å². The van der Waals surface area contributed by atoms with Gasteiger partial charge in [-0.15, -0.1) is 0 Å². The highest BCUT2D eigenvalue weighted by molar-refractivity contribution is 9.10. The summed E-state index contributed by atoms with van der Waals surface area (Å²) in [6.07, 6.45) is 0. The van der Waals surface area contributed by atoms with E-state index in [2.05, 4.69) is 32.6 Å². The summed E-state index contributed by atoms with van der Waals surface area (Å²) < 4.78 is 0.983. The molecule has 0 heterocycles. The molecule has 0 fully saturated rings. The van der Waals surface area contributed by atoms with Gasteiger partial charge in [-0.25, -0.2) is 0 Å². The maximum absolute atomic E-state index is 10.7. The van der Waals surface area contributed by atoms with Gasteiger partial charge in [0.2, 0.25) is 5.91 Å². The van der Waals surface area contributed by atoms with Crippen LogP contribution in [0.1, 0.15) is 18.5 Å². The fourth-order valence-electron chi connectivity index (χ4n) is 1.35. The van der Waals surface area contributed by atoms with E-state index in [1.54, 1.807) is 0 Å². The number of carbonyl (C=O) groups is 1. The molecule has 5 heteroatoms. The molecule has 2 N–H and O–H groups in total. The Morgan fingerprint density at radius 2 is 2.06 bits per heavy atom. The number of amides is 1. The van der Waals surface area contributed by atoms with Gasteiger partial charge in [0.05, 0.1) is 6.07 Å². The van der Waals surface area contributed by atoms with Gasteiger partial charge < -0.3 is 5.32 Å². The molecule has 90 valence electrons. The SMILES string of the molecule is CC(=O)NCCNC(C#N)c1ccc(Br)cc1. The highest BCUT2D eigenvalue weighted by Crippen LogP contribution is 2.16. The van der Waals surface area contributed by atoms with Crippen LogP contribution in [-0.2, 0) is 4.79 Å². The molecule has 1 aromatic carbocycles. The largest absolute Gasteiger partial charge is 0.355 e. The highest BCUT2D eigenvalue weighted by Gasteiger charge is 2.08. The van der Waals surface area contributed by atoms with E-state index < -0.39 is 0 Å². The van der Waals surface area contributed by atoms with Crippen molar-refractivity contribution in [1.29, 1.82) is 5.26 Å². The van der Waals surface area contributed by atoms with Crippen molar-refractivity contribution in [2.75, 3.05) is 13.1 Å². The Labute approximate surface area is 109 Å². The number of nitriles is 1. The molecule has 0 aliphatic heterocycles. The van der Waals surface area contributed by atoms with Crippen LogP contribution < -0.4 is 10.6 Å². The molecular weight excluding hydrogens is 282 g/mol. The Hall–Kier alpha value is -1.38. The molecule has 0 radical (unpaired) electrons. The van der Waals surface area contributed by atoms with Crippen molar-refractivity contribution in [1.82, 2.24) is 10.6 Å². The summed E-state index contributed by atoms with van der Waals surface area (Å²) in [5.41, 5.74) is 0.915. The molecule has 0 aliphatic rings. The topological polar surface area (TPSA) is 64.9 Å². The molecule has 0 saturated heterocycles. The number of carbonyl (C=O) groups excluding carboxylic acids is 1. The minimum atomic E-state index is -0.350. The van der Waals surface area contributed by atoms with E-state index in [4.69, 9.17) is 5.26 Å². The van der Waals surface area contributed by atoms with Crippen LogP contribution in [0.4, 0.5) is 0 Å². The summed E-state index contributed by atoms with van der Waals surface area (Å²) in [5, 5.41) is 14.8. The second-order valence-corrected chi connectivity index (χ2v) is 4.47. The molecule has 1 aromatic rings. The first kappa shape index (κ1) is 13.7. The van der Waals surface area contributed by atoms with Crippen LogP contribution in [0.15, 0.2) is 28.7 Å². The molecule has 1 amide bonds. The summed E-state index contributed by atoms with van der Waals surface area (Å²) in [7, 11) is 0. The molecule has 0 aromatic heterocycles. The first-order valence-corrected chi connectivity index (χ1v) is 6.05. The smallest absolute Gasteiger partial charge is 0.216 e. The van der Waals surface area contributed by atoms with Crippen LogP contribution in [0.3, 0.4) is 0 Å². The molecule has 1 rings (SSSR count). The van der Waals surface area contributed by atoms with E-state index in [1.807, 2.05) is 24.3 Å². The lowest BCUT2D eigenvalue weighted by atomic mass is 10.1. The van der Waals surface area contributed by atoms with Gasteiger partial charge in [0, 0.05) is 24.5 Å². The number of nitrogens with one attached hydrogen (secondary N) is 2. The normalized spacial score (nSPS) is 11.6. The molecule has 1 unspecified atom stereocenters. The van der Waals surface area contributed by atoms with E-state index >= 15 is 0 Å². The fraction of sp³-hybridized carbons (Fsp3) is 0.333. The van der Waals surface area contributed by atoms with Gasteiger partial charge in [-0.2, -0.15) is 5.26 Å². The van der Waals surface area contributed by atoms with Crippen LogP contribution in [0.25, 0.3) is 0 Å². The Morgan fingerprint density at radius 3 is 2.59 bits per heavy atom. The van der Waals surface area contributed by atoms with Gasteiger partial charge >= 0.3 is 0 Å². The molecule has 0 bridgehead atoms. The summed E-state index contributed by atoms with van der Waals surface area (Å²) >= 11 is 3.35. The predicted octanol–water partition coefficient (Wildman–Crippen LogP) is 1.74. The van der Waals surface area contributed by atoms with Crippen LogP contribution >= 0.6 is 15.9 Å². The van der Waals surface area contributed by atoms with E-state index in [0.717, 1.165) is 10.0 Å². The molecule has 0 aliphatic carbocycles. The Kier molecular flexibility index (Phi) is 5.67. The van der Waals surface area contributed by atoms with Crippen molar-refractivity contribution in [3.63, 3.8) is 0 Å².